The molecule has 0 aliphatic carbocycles. The predicted molar refractivity (Wildman–Crippen MR) is 149 cm³/mol. The van der Waals surface area contributed by atoms with Gasteiger partial charge in [0.25, 0.3) is 11.8 Å². The first-order valence-corrected chi connectivity index (χ1v) is 12.5. The third kappa shape index (κ3) is 6.32. The van der Waals surface area contributed by atoms with Gasteiger partial charge in [0.15, 0.2) is 0 Å². The number of carbonyl (C=O) groups excluding carboxylic acids is 2. The summed E-state index contributed by atoms with van der Waals surface area (Å²) in [5.74, 6) is 6.49. The van der Waals surface area contributed by atoms with E-state index in [1.54, 1.807) is 80.0 Å². The van der Waals surface area contributed by atoms with Crippen molar-refractivity contribution in [2.24, 2.45) is 0 Å². The van der Waals surface area contributed by atoms with Gasteiger partial charge in [-0.2, -0.15) is 0 Å². The molecule has 1 fully saturated rings. The molecule has 0 saturated carbocycles. The predicted octanol–water partition coefficient (Wildman–Crippen LogP) is 4.72. The quantitative estimate of drug-likeness (QED) is 0.339. The summed E-state index contributed by atoms with van der Waals surface area (Å²) in [6, 6.07) is 17.4. The average Bonchev–Trinajstić information content (AvgIpc) is 3.35. The first-order valence-electron chi connectivity index (χ1n) is 12.5. The number of hydrogen-bond donors (Lipinski definition) is 2. The van der Waals surface area contributed by atoms with Crippen molar-refractivity contribution in [2.75, 3.05) is 30.8 Å². The van der Waals surface area contributed by atoms with Crippen molar-refractivity contribution in [1.82, 2.24) is 14.9 Å². The van der Waals surface area contributed by atoms with E-state index in [1.807, 2.05) is 7.05 Å². The largest absolute Gasteiger partial charge is 0.487 e. The highest BCUT2D eigenvalue weighted by Gasteiger charge is 2.23. The molecule has 9 heteroatoms. The first-order chi connectivity index (χ1) is 19.0. The molecule has 0 bridgehead atoms. The molecule has 2 amide bonds. The SMILES string of the molecule is CC#CC(=O)Nc1cc2c(Oc3ccc(C(=O)Nc4ccccn4)cc3)ccnc2cc1OC1CCN(C)C1. The van der Waals surface area contributed by atoms with E-state index in [-0.39, 0.29) is 12.0 Å². The second kappa shape index (κ2) is 11.6. The molecule has 196 valence electrons. The standard InChI is InChI=1S/C30H27N5O4/c1-3-6-29(36)33-25-17-23-24(18-27(25)39-22-13-16-35(2)19-22)31-15-12-26(23)38-21-10-8-20(9-11-21)30(37)34-28-7-4-5-14-32-28/h4-5,7-12,14-15,17-18,22H,13,16,19H2,1-2H3,(H,33,36)(H,32,34,37). The summed E-state index contributed by atoms with van der Waals surface area (Å²) in [5.41, 5.74) is 1.61. The fraction of sp³-hybridized carbons (Fsp3) is 0.200. The van der Waals surface area contributed by atoms with Crippen molar-refractivity contribution >= 4 is 34.2 Å². The lowest BCUT2D eigenvalue weighted by atomic mass is 10.1. The van der Waals surface area contributed by atoms with Crippen LogP contribution in [0.25, 0.3) is 10.9 Å². The van der Waals surface area contributed by atoms with Crippen LogP contribution in [0.1, 0.15) is 23.7 Å². The molecular formula is C30H27N5O4. The zero-order chi connectivity index (χ0) is 27.2. The van der Waals surface area contributed by atoms with E-state index in [0.717, 1.165) is 19.5 Å². The lowest BCUT2D eigenvalue weighted by Crippen LogP contribution is -2.22. The van der Waals surface area contributed by atoms with Gasteiger partial charge in [-0.05, 0) is 74.8 Å². The van der Waals surface area contributed by atoms with E-state index in [9.17, 15) is 9.59 Å². The summed E-state index contributed by atoms with van der Waals surface area (Å²) in [6.45, 7) is 3.35. The summed E-state index contributed by atoms with van der Waals surface area (Å²) in [7, 11) is 2.05. The van der Waals surface area contributed by atoms with Crippen LogP contribution < -0.4 is 20.1 Å². The van der Waals surface area contributed by atoms with Gasteiger partial charge < -0.3 is 25.0 Å². The minimum Gasteiger partial charge on any atom is -0.487 e. The number of benzene rings is 2. The zero-order valence-electron chi connectivity index (χ0n) is 21.6. The van der Waals surface area contributed by atoms with Crippen molar-refractivity contribution in [1.29, 1.82) is 0 Å². The third-order valence-electron chi connectivity index (χ3n) is 6.18. The van der Waals surface area contributed by atoms with Crippen molar-refractivity contribution in [3.63, 3.8) is 0 Å². The number of nitrogens with one attached hydrogen (secondary N) is 2. The number of anilines is 2. The Morgan fingerprint density at radius 3 is 2.56 bits per heavy atom. The van der Waals surface area contributed by atoms with Gasteiger partial charge in [0, 0.05) is 42.5 Å². The second-order valence-electron chi connectivity index (χ2n) is 9.09. The molecule has 1 atom stereocenters. The molecule has 1 saturated heterocycles. The van der Waals surface area contributed by atoms with Crippen molar-refractivity contribution < 1.29 is 19.1 Å². The van der Waals surface area contributed by atoms with Crippen LogP contribution in [0.5, 0.6) is 17.2 Å². The number of rotatable bonds is 7. The molecule has 3 heterocycles. The number of aromatic nitrogens is 2. The fourth-order valence-electron chi connectivity index (χ4n) is 4.30. The van der Waals surface area contributed by atoms with Crippen LogP contribution in [0.3, 0.4) is 0 Å². The van der Waals surface area contributed by atoms with E-state index >= 15 is 0 Å². The number of likely N-dealkylation sites (tertiary alicyclic amines) is 1. The van der Waals surface area contributed by atoms with Gasteiger partial charge in [-0.3, -0.25) is 14.6 Å². The number of pyridine rings is 2. The summed E-state index contributed by atoms with van der Waals surface area (Å²) in [6.07, 6.45) is 4.17. The molecule has 0 radical (unpaired) electrons. The number of likely N-dealkylation sites (N-methyl/N-ethyl adjacent to an activating group) is 1. The lowest BCUT2D eigenvalue weighted by Gasteiger charge is -2.18. The van der Waals surface area contributed by atoms with Gasteiger partial charge in [0.2, 0.25) is 0 Å². The molecule has 2 N–H and O–H groups in total. The molecule has 1 aliphatic rings. The van der Waals surface area contributed by atoms with Gasteiger partial charge in [-0.25, -0.2) is 4.98 Å². The first kappa shape index (κ1) is 25.7. The monoisotopic (exact) mass is 521 g/mol. The number of fused-ring (bicyclic) bond motifs is 1. The van der Waals surface area contributed by atoms with Crippen LogP contribution in [-0.2, 0) is 4.79 Å². The molecule has 1 aliphatic heterocycles. The van der Waals surface area contributed by atoms with Crippen LogP contribution in [0.15, 0.2) is 73.1 Å². The Bertz CT molecular complexity index is 1560. The maximum atomic E-state index is 12.5. The highest BCUT2D eigenvalue weighted by molar-refractivity contribution is 6.06. The maximum Gasteiger partial charge on any atom is 0.300 e. The number of hydrogen-bond acceptors (Lipinski definition) is 7. The summed E-state index contributed by atoms with van der Waals surface area (Å²) >= 11 is 0. The highest BCUT2D eigenvalue weighted by atomic mass is 16.5. The summed E-state index contributed by atoms with van der Waals surface area (Å²) in [4.78, 5) is 35.7. The highest BCUT2D eigenvalue weighted by Crippen LogP contribution is 2.37. The Kier molecular flexibility index (Phi) is 7.66. The smallest absolute Gasteiger partial charge is 0.300 e. The van der Waals surface area contributed by atoms with E-state index < -0.39 is 5.91 Å². The van der Waals surface area contributed by atoms with Crippen molar-refractivity contribution in [2.45, 2.75) is 19.4 Å². The Labute approximate surface area is 226 Å². The minimum absolute atomic E-state index is 0.00757. The molecule has 0 spiro atoms. The molecule has 1 unspecified atom stereocenters. The Morgan fingerprint density at radius 2 is 1.85 bits per heavy atom. The molecule has 5 rings (SSSR count). The van der Waals surface area contributed by atoms with E-state index in [0.29, 0.717) is 45.2 Å². The molecule has 4 aromatic rings. The fourth-order valence-corrected chi connectivity index (χ4v) is 4.30. The van der Waals surface area contributed by atoms with Gasteiger partial charge in [-0.1, -0.05) is 12.0 Å². The van der Waals surface area contributed by atoms with Gasteiger partial charge >= 0.3 is 0 Å². The van der Waals surface area contributed by atoms with Crippen molar-refractivity contribution in [3.05, 3.63) is 78.6 Å². The van der Waals surface area contributed by atoms with E-state index in [1.165, 1.54) is 0 Å². The second-order valence-corrected chi connectivity index (χ2v) is 9.09. The van der Waals surface area contributed by atoms with Gasteiger partial charge in [0.1, 0.15) is 29.2 Å². The third-order valence-corrected chi connectivity index (χ3v) is 6.18. The van der Waals surface area contributed by atoms with E-state index in [4.69, 9.17) is 9.47 Å². The number of ether oxygens (including phenoxy) is 2. The average molecular weight is 522 g/mol. The lowest BCUT2D eigenvalue weighted by molar-refractivity contribution is -0.111. The summed E-state index contributed by atoms with van der Waals surface area (Å²) in [5, 5.41) is 6.28. The van der Waals surface area contributed by atoms with Crippen LogP contribution in [0.4, 0.5) is 11.5 Å². The molecule has 39 heavy (non-hydrogen) atoms. The van der Waals surface area contributed by atoms with E-state index in [2.05, 4.69) is 37.3 Å². The normalized spacial score (nSPS) is 14.8. The van der Waals surface area contributed by atoms with Crippen LogP contribution in [0, 0.1) is 11.8 Å². The van der Waals surface area contributed by atoms with Gasteiger partial charge in [-0.15, -0.1) is 0 Å². The Morgan fingerprint density at radius 1 is 1.00 bits per heavy atom. The number of amides is 2. The molecule has 9 nitrogen and oxygen atoms in total. The number of carbonyl (C=O) groups is 2. The van der Waals surface area contributed by atoms with Crippen LogP contribution >= 0.6 is 0 Å². The maximum absolute atomic E-state index is 12.5. The molecule has 2 aromatic carbocycles. The zero-order valence-corrected chi connectivity index (χ0v) is 21.6. The topological polar surface area (TPSA) is 106 Å². The van der Waals surface area contributed by atoms with Crippen molar-refractivity contribution in [3.8, 4) is 29.1 Å². The Balaban J connectivity index is 1.40. The molecular weight excluding hydrogens is 494 g/mol. The number of nitrogens with zero attached hydrogens (tertiary/aromatic N) is 3. The van der Waals surface area contributed by atoms with Crippen LogP contribution in [-0.4, -0.2) is 52.9 Å². The van der Waals surface area contributed by atoms with Crippen LogP contribution in [0.2, 0.25) is 0 Å². The van der Waals surface area contributed by atoms with Gasteiger partial charge in [0.05, 0.1) is 11.2 Å². The summed E-state index contributed by atoms with van der Waals surface area (Å²) < 4.78 is 12.4. The molecule has 2 aromatic heterocycles. The minimum atomic E-state index is -0.434. The Hall–Kier alpha value is -4.94.